The predicted molar refractivity (Wildman–Crippen MR) is 95.8 cm³/mol. The van der Waals surface area contributed by atoms with Gasteiger partial charge in [-0.1, -0.05) is 13.0 Å². The monoisotopic (exact) mass is 338 g/mol. The maximum atomic E-state index is 12.0. The van der Waals surface area contributed by atoms with E-state index in [1.54, 1.807) is 4.90 Å². The molecule has 23 heavy (non-hydrogen) atoms. The fraction of sp³-hybridized carbons (Fsp3) is 0.722. The van der Waals surface area contributed by atoms with Gasteiger partial charge in [0.1, 0.15) is 5.60 Å². The minimum Gasteiger partial charge on any atom is -0.444 e. The molecule has 0 radical (unpaired) electrons. The van der Waals surface area contributed by atoms with Crippen molar-refractivity contribution in [3.8, 4) is 0 Å². The molecule has 1 N–H and O–H groups in total. The first-order chi connectivity index (χ1) is 10.8. The summed E-state index contributed by atoms with van der Waals surface area (Å²) in [6.07, 6.45) is 2.39. The number of nitrogens with one attached hydrogen (secondary N) is 1. The number of carbonyl (C=O) groups excluding carboxylic acids is 1. The van der Waals surface area contributed by atoms with Crippen LogP contribution in [-0.2, 0) is 4.74 Å². The molecule has 2 rings (SSSR count). The zero-order valence-corrected chi connectivity index (χ0v) is 15.8. The van der Waals surface area contributed by atoms with Crippen molar-refractivity contribution in [1.82, 2.24) is 10.2 Å². The highest BCUT2D eigenvalue weighted by atomic mass is 32.1. The van der Waals surface area contributed by atoms with Gasteiger partial charge < -0.3 is 15.0 Å². The molecule has 1 aliphatic rings. The van der Waals surface area contributed by atoms with Crippen LogP contribution in [-0.4, -0.2) is 36.7 Å². The molecule has 4 nitrogen and oxygen atoms in total. The van der Waals surface area contributed by atoms with Crippen molar-refractivity contribution < 1.29 is 9.53 Å². The second kappa shape index (κ2) is 7.67. The van der Waals surface area contributed by atoms with Gasteiger partial charge in [0.15, 0.2) is 0 Å². The van der Waals surface area contributed by atoms with Crippen LogP contribution in [0.15, 0.2) is 17.5 Å². The molecule has 130 valence electrons. The number of ether oxygens (including phenoxy) is 1. The van der Waals surface area contributed by atoms with E-state index in [4.69, 9.17) is 4.74 Å². The van der Waals surface area contributed by atoms with E-state index in [0.29, 0.717) is 18.5 Å². The van der Waals surface area contributed by atoms with E-state index in [2.05, 4.69) is 29.8 Å². The Hall–Kier alpha value is -1.07. The Kier molecular flexibility index (Phi) is 6.09. The first-order valence-corrected chi connectivity index (χ1v) is 9.35. The Balaban J connectivity index is 1.77. The van der Waals surface area contributed by atoms with Gasteiger partial charge in [0.2, 0.25) is 0 Å². The summed E-state index contributed by atoms with van der Waals surface area (Å²) < 4.78 is 5.40. The summed E-state index contributed by atoms with van der Waals surface area (Å²) in [6.45, 7) is 9.46. The van der Waals surface area contributed by atoms with Crippen molar-refractivity contribution in [2.75, 3.05) is 20.1 Å². The van der Waals surface area contributed by atoms with E-state index in [1.165, 1.54) is 17.7 Å². The van der Waals surface area contributed by atoms with Gasteiger partial charge in [0.05, 0.1) is 0 Å². The molecule has 1 aromatic heterocycles. The van der Waals surface area contributed by atoms with E-state index in [0.717, 1.165) is 12.5 Å². The van der Waals surface area contributed by atoms with E-state index in [-0.39, 0.29) is 6.09 Å². The minimum absolute atomic E-state index is 0.249. The fourth-order valence-corrected chi connectivity index (χ4v) is 3.57. The average Bonchev–Trinajstić information content (AvgIpc) is 3.11. The van der Waals surface area contributed by atoms with Crippen LogP contribution in [0.5, 0.6) is 0 Å². The molecule has 0 spiro atoms. The van der Waals surface area contributed by atoms with Crippen molar-refractivity contribution in [2.45, 2.75) is 52.2 Å². The summed E-state index contributed by atoms with van der Waals surface area (Å²) in [5, 5.41) is 5.85. The maximum absolute atomic E-state index is 12.0. The number of nitrogens with zero attached hydrogens (tertiary/aromatic N) is 1. The molecule has 1 fully saturated rings. The van der Waals surface area contributed by atoms with Gasteiger partial charge in [-0.15, -0.1) is 11.3 Å². The Morgan fingerprint density at radius 3 is 2.70 bits per heavy atom. The Labute approximate surface area is 144 Å². The highest BCUT2D eigenvalue weighted by Gasteiger charge is 2.32. The van der Waals surface area contributed by atoms with E-state index in [1.807, 2.05) is 39.2 Å². The zero-order chi connectivity index (χ0) is 17.0. The van der Waals surface area contributed by atoms with Crippen molar-refractivity contribution in [2.24, 2.45) is 11.8 Å². The molecule has 2 unspecified atom stereocenters. The average molecular weight is 339 g/mol. The van der Waals surface area contributed by atoms with E-state index >= 15 is 0 Å². The fourth-order valence-electron chi connectivity index (χ4n) is 2.67. The Morgan fingerprint density at radius 2 is 2.17 bits per heavy atom. The van der Waals surface area contributed by atoms with Crippen LogP contribution >= 0.6 is 11.3 Å². The third-order valence-corrected chi connectivity index (χ3v) is 4.88. The number of amides is 1. The van der Waals surface area contributed by atoms with Crippen LogP contribution in [0.3, 0.4) is 0 Å². The van der Waals surface area contributed by atoms with Crippen LogP contribution in [0.1, 0.15) is 51.5 Å². The summed E-state index contributed by atoms with van der Waals surface area (Å²) >= 11 is 1.83. The van der Waals surface area contributed by atoms with E-state index in [9.17, 15) is 4.79 Å². The first kappa shape index (κ1) is 18.3. The number of hydrogen-bond donors (Lipinski definition) is 1. The van der Waals surface area contributed by atoms with Gasteiger partial charge in [-0.05, 0) is 63.4 Å². The van der Waals surface area contributed by atoms with Crippen molar-refractivity contribution >= 4 is 17.4 Å². The summed E-state index contributed by atoms with van der Waals surface area (Å²) in [7, 11) is 1.81. The molecule has 0 saturated heterocycles. The largest absolute Gasteiger partial charge is 0.444 e. The van der Waals surface area contributed by atoms with Gasteiger partial charge in [-0.3, -0.25) is 0 Å². The SMILES string of the molecule is CC(CNC(c1cccs1)C1CC1)CN(C)C(=O)OC(C)(C)C. The van der Waals surface area contributed by atoms with Crippen LogP contribution in [0.2, 0.25) is 0 Å². The number of thiophene rings is 1. The topological polar surface area (TPSA) is 41.6 Å². The Morgan fingerprint density at radius 1 is 1.48 bits per heavy atom. The molecule has 1 amide bonds. The third-order valence-electron chi connectivity index (χ3n) is 3.92. The molecule has 0 bridgehead atoms. The summed E-state index contributed by atoms with van der Waals surface area (Å²) in [6, 6.07) is 4.82. The molecule has 1 saturated carbocycles. The number of rotatable bonds is 7. The summed E-state index contributed by atoms with van der Waals surface area (Å²) in [4.78, 5) is 15.1. The smallest absolute Gasteiger partial charge is 0.410 e. The van der Waals surface area contributed by atoms with Crippen LogP contribution in [0.25, 0.3) is 0 Å². The lowest BCUT2D eigenvalue weighted by atomic mass is 10.1. The van der Waals surface area contributed by atoms with Gasteiger partial charge in [0, 0.05) is 24.5 Å². The summed E-state index contributed by atoms with van der Waals surface area (Å²) in [5.74, 6) is 1.16. The standard InChI is InChI=1S/C18H30N2O2S/c1-13(12-20(5)17(21)22-18(2,3)4)11-19-16(14-8-9-14)15-7-6-10-23-15/h6-7,10,13-14,16,19H,8-9,11-12H2,1-5H3. The number of hydrogen-bond acceptors (Lipinski definition) is 4. The molecule has 0 aliphatic heterocycles. The van der Waals surface area contributed by atoms with Crippen LogP contribution < -0.4 is 5.32 Å². The van der Waals surface area contributed by atoms with Crippen molar-refractivity contribution in [1.29, 1.82) is 0 Å². The number of carbonyl (C=O) groups is 1. The van der Waals surface area contributed by atoms with Crippen LogP contribution in [0, 0.1) is 11.8 Å². The molecule has 1 heterocycles. The maximum Gasteiger partial charge on any atom is 0.410 e. The molecular weight excluding hydrogens is 308 g/mol. The molecule has 1 aliphatic carbocycles. The van der Waals surface area contributed by atoms with Crippen molar-refractivity contribution in [3.05, 3.63) is 22.4 Å². The quantitative estimate of drug-likeness (QED) is 0.806. The highest BCUT2D eigenvalue weighted by molar-refractivity contribution is 7.10. The molecular formula is C18H30N2O2S. The zero-order valence-electron chi connectivity index (χ0n) is 15.0. The lowest BCUT2D eigenvalue weighted by molar-refractivity contribution is 0.0276. The van der Waals surface area contributed by atoms with Crippen LogP contribution in [0.4, 0.5) is 4.79 Å². The molecule has 5 heteroatoms. The van der Waals surface area contributed by atoms with Gasteiger partial charge >= 0.3 is 6.09 Å². The highest BCUT2D eigenvalue weighted by Crippen LogP contribution is 2.42. The second-order valence-corrected chi connectivity index (χ2v) is 8.68. The lowest BCUT2D eigenvalue weighted by Crippen LogP contribution is -2.39. The molecule has 1 aromatic rings. The van der Waals surface area contributed by atoms with Gasteiger partial charge in [0.25, 0.3) is 0 Å². The Bertz CT molecular complexity index is 492. The van der Waals surface area contributed by atoms with Gasteiger partial charge in [-0.25, -0.2) is 4.79 Å². The molecule has 0 aromatic carbocycles. The second-order valence-electron chi connectivity index (χ2n) is 7.70. The van der Waals surface area contributed by atoms with Gasteiger partial charge in [-0.2, -0.15) is 0 Å². The minimum atomic E-state index is -0.441. The van der Waals surface area contributed by atoms with Crippen molar-refractivity contribution in [3.63, 3.8) is 0 Å². The van der Waals surface area contributed by atoms with E-state index < -0.39 is 5.60 Å². The summed E-state index contributed by atoms with van der Waals surface area (Å²) in [5.41, 5.74) is -0.441. The first-order valence-electron chi connectivity index (χ1n) is 8.47. The normalized spacial score (nSPS) is 17.6. The third kappa shape index (κ3) is 6.15. The molecule has 2 atom stereocenters. The lowest BCUT2D eigenvalue weighted by Gasteiger charge is -2.27. The predicted octanol–water partition coefficient (Wildman–Crippen LogP) is 4.29.